The molecule has 5 heteroatoms. The summed E-state index contributed by atoms with van der Waals surface area (Å²) in [4.78, 5) is 4.49. The van der Waals surface area contributed by atoms with E-state index in [1.165, 1.54) is 37.8 Å². The maximum Gasteiger partial charge on any atom is 0.165 e. The van der Waals surface area contributed by atoms with Gasteiger partial charge in [0, 0.05) is 5.75 Å². The quantitative estimate of drug-likeness (QED) is 0.680. The van der Waals surface area contributed by atoms with Gasteiger partial charge in [-0.3, -0.25) is 4.99 Å². The molecule has 1 fully saturated rings. The van der Waals surface area contributed by atoms with Crippen LogP contribution in [0.5, 0.6) is 5.75 Å². The molecule has 0 amide bonds. The standard InChI is InChI=1S/C14H19FN2OS/c1-18-13-7-6-10(8-12(13)15)9-19-14(16)17-11-4-2-3-5-11/h6-8,11H,2-5,9H2,1H3,(H2,16,17). The van der Waals surface area contributed by atoms with Gasteiger partial charge in [-0.05, 0) is 30.5 Å². The number of hydrogen-bond acceptors (Lipinski definition) is 3. The van der Waals surface area contributed by atoms with Gasteiger partial charge in [0.05, 0.1) is 13.2 Å². The van der Waals surface area contributed by atoms with Crippen molar-refractivity contribution < 1.29 is 9.13 Å². The second-order valence-electron chi connectivity index (χ2n) is 4.66. The smallest absolute Gasteiger partial charge is 0.165 e. The highest BCUT2D eigenvalue weighted by Crippen LogP contribution is 2.23. The summed E-state index contributed by atoms with van der Waals surface area (Å²) in [5.74, 6) is 0.552. The first kappa shape index (κ1) is 14.2. The van der Waals surface area contributed by atoms with Gasteiger partial charge >= 0.3 is 0 Å². The van der Waals surface area contributed by atoms with Crippen molar-refractivity contribution in [1.82, 2.24) is 0 Å². The van der Waals surface area contributed by atoms with Gasteiger partial charge in [0.25, 0.3) is 0 Å². The van der Waals surface area contributed by atoms with Crippen LogP contribution in [0.4, 0.5) is 4.39 Å². The molecular formula is C14H19FN2OS. The second-order valence-corrected chi connectivity index (χ2v) is 5.66. The first-order valence-electron chi connectivity index (χ1n) is 6.47. The minimum Gasteiger partial charge on any atom is -0.494 e. The summed E-state index contributed by atoms with van der Waals surface area (Å²) in [5.41, 5.74) is 6.77. The summed E-state index contributed by atoms with van der Waals surface area (Å²) in [6.45, 7) is 0. The molecule has 1 aromatic rings. The first-order chi connectivity index (χ1) is 9.19. The SMILES string of the molecule is COc1ccc(CSC(N)=NC2CCCC2)cc1F. The lowest BCUT2D eigenvalue weighted by Gasteiger charge is -2.07. The third kappa shape index (κ3) is 4.13. The topological polar surface area (TPSA) is 47.6 Å². The van der Waals surface area contributed by atoms with E-state index >= 15 is 0 Å². The van der Waals surface area contributed by atoms with Gasteiger partial charge in [-0.15, -0.1) is 0 Å². The zero-order valence-corrected chi connectivity index (χ0v) is 11.9. The molecule has 1 aliphatic rings. The monoisotopic (exact) mass is 282 g/mol. The molecule has 0 aliphatic heterocycles. The van der Waals surface area contributed by atoms with Crippen LogP contribution in [0.25, 0.3) is 0 Å². The fraction of sp³-hybridized carbons (Fsp3) is 0.500. The number of amidine groups is 1. The van der Waals surface area contributed by atoms with Crippen LogP contribution in [0.1, 0.15) is 31.2 Å². The van der Waals surface area contributed by atoms with Crippen molar-refractivity contribution in [2.75, 3.05) is 7.11 Å². The van der Waals surface area contributed by atoms with Crippen LogP contribution >= 0.6 is 11.8 Å². The Morgan fingerprint density at radius 1 is 1.47 bits per heavy atom. The minimum absolute atomic E-state index is 0.265. The summed E-state index contributed by atoms with van der Waals surface area (Å²) in [6.07, 6.45) is 4.77. The Morgan fingerprint density at radius 3 is 2.84 bits per heavy atom. The summed E-state index contributed by atoms with van der Waals surface area (Å²) >= 11 is 1.46. The fourth-order valence-electron chi connectivity index (χ4n) is 2.21. The van der Waals surface area contributed by atoms with Crippen molar-refractivity contribution in [2.24, 2.45) is 10.7 Å². The van der Waals surface area contributed by atoms with E-state index < -0.39 is 0 Å². The van der Waals surface area contributed by atoms with Crippen LogP contribution in [0.3, 0.4) is 0 Å². The number of benzene rings is 1. The lowest BCUT2D eigenvalue weighted by atomic mass is 10.2. The van der Waals surface area contributed by atoms with Gasteiger partial charge in [0.2, 0.25) is 0 Å². The van der Waals surface area contributed by atoms with Crippen LogP contribution in [0, 0.1) is 5.82 Å². The predicted octanol–water partition coefficient (Wildman–Crippen LogP) is 3.32. The van der Waals surface area contributed by atoms with Crippen LogP contribution < -0.4 is 10.5 Å². The van der Waals surface area contributed by atoms with Crippen LogP contribution in [0.15, 0.2) is 23.2 Å². The molecular weight excluding hydrogens is 263 g/mol. The van der Waals surface area contributed by atoms with Crippen LogP contribution in [-0.4, -0.2) is 18.3 Å². The Labute approximate surface area is 117 Å². The number of thioether (sulfide) groups is 1. The number of ether oxygens (including phenoxy) is 1. The van der Waals surface area contributed by atoms with E-state index in [2.05, 4.69) is 4.99 Å². The molecule has 2 N–H and O–H groups in total. The van der Waals surface area contributed by atoms with Crippen LogP contribution in [0.2, 0.25) is 0 Å². The van der Waals surface area contributed by atoms with Gasteiger partial charge in [-0.1, -0.05) is 30.7 Å². The van der Waals surface area contributed by atoms with Crippen LogP contribution in [-0.2, 0) is 5.75 Å². The normalized spacial score (nSPS) is 16.8. The highest BCUT2D eigenvalue weighted by atomic mass is 32.2. The van der Waals surface area contributed by atoms with Crippen molar-refractivity contribution in [3.05, 3.63) is 29.6 Å². The van der Waals surface area contributed by atoms with Crippen molar-refractivity contribution in [3.8, 4) is 5.75 Å². The molecule has 1 saturated carbocycles. The van der Waals surface area contributed by atoms with Crippen molar-refractivity contribution in [2.45, 2.75) is 37.5 Å². The third-order valence-electron chi connectivity index (χ3n) is 3.24. The number of methoxy groups -OCH3 is 1. The van der Waals surface area contributed by atoms with E-state index in [-0.39, 0.29) is 11.6 Å². The second kappa shape index (κ2) is 6.80. The van der Waals surface area contributed by atoms with E-state index in [0.717, 1.165) is 18.4 Å². The average molecular weight is 282 g/mol. The largest absolute Gasteiger partial charge is 0.494 e. The molecule has 0 saturated heterocycles. The lowest BCUT2D eigenvalue weighted by Crippen LogP contribution is -2.11. The number of nitrogens with two attached hydrogens (primary N) is 1. The molecule has 0 aromatic heterocycles. The highest BCUT2D eigenvalue weighted by Gasteiger charge is 2.14. The molecule has 1 aliphatic carbocycles. The molecule has 19 heavy (non-hydrogen) atoms. The molecule has 0 heterocycles. The zero-order valence-electron chi connectivity index (χ0n) is 11.1. The van der Waals surface area contributed by atoms with E-state index in [1.54, 1.807) is 6.07 Å². The highest BCUT2D eigenvalue weighted by molar-refractivity contribution is 8.13. The van der Waals surface area contributed by atoms with Crippen molar-refractivity contribution in [3.63, 3.8) is 0 Å². The van der Waals surface area contributed by atoms with E-state index in [9.17, 15) is 4.39 Å². The summed E-state index contributed by atoms with van der Waals surface area (Å²) in [7, 11) is 1.46. The number of hydrogen-bond donors (Lipinski definition) is 1. The van der Waals surface area contributed by atoms with Gasteiger partial charge in [-0.2, -0.15) is 0 Å². The fourth-order valence-corrected chi connectivity index (χ4v) is 2.93. The Balaban J connectivity index is 1.89. The Kier molecular flexibility index (Phi) is 5.07. The van der Waals surface area contributed by atoms with Gasteiger partial charge in [0.15, 0.2) is 16.7 Å². The average Bonchev–Trinajstić information content (AvgIpc) is 2.89. The van der Waals surface area contributed by atoms with Crippen molar-refractivity contribution >= 4 is 16.9 Å². The van der Waals surface area contributed by atoms with Gasteiger partial charge < -0.3 is 10.5 Å². The molecule has 0 atom stereocenters. The zero-order chi connectivity index (χ0) is 13.7. The third-order valence-corrected chi connectivity index (χ3v) is 4.12. The lowest BCUT2D eigenvalue weighted by molar-refractivity contribution is 0.386. The Bertz CT molecular complexity index is 459. The Morgan fingerprint density at radius 2 is 2.21 bits per heavy atom. The molecule has 2 rings (SSSR count). The van der Waals surface area contributed by atoms with E-state index in [1.807, 2.05) is 6.07 Å². The van der Waals surface area contributed by atoms with Gasteiger partial charge in [-0.25, -0.2) is 4.39 Å². The van der Waals surface area contributed by atoms with Crippen molar-refractivity contribution in [1.29, 1.82) is 0 Å². The summed E-state index contributed by atoms with van der Waals surface area (Å²) in [6, 6.07) is 5.35. The molecule has 0 radical (unpaired) electrons. The van der Waals surface area contributed by atoms with E-state index in [4.69, 9.17) is 10.5 Å². The number of nitrogens with zero attached hydrogens (tertiary/aromatic N) is 1. The number of rotatable bonds is 4. The predicted molar refractivity (Wildman–Crippen MR) is 78.1 cm³/mol. The first-order valence-corrected chi connectivity index (χ1v) is 7.46. The molecule has 0 bridgehead atoms. The Hall–Kier alpha value is -1.23. The maximum absolute atomic E-state index is 13.5. The summed E-state index contributed by atoms with van der Waals surface area (Å²) in [5, 5.41) is 0.600. The number of aliphatic imine (C=N–C) groups is 1. The molecule has 3 nitrogen and oxygen atoms in total. The molecule has 0 unspecified atom stereocenters. The number of halogens is 1. The minimum atomic E-state index is -0.341. The van der Waals surface area contributed by atoms with E-state index in [0.29, 0.717) is 17.0 Å². The molecule has 1 aromatic carbocycles. The molecule has 104 valence electrons. The van der Waals surface area contributed by atoms with Gasteiger partial charge in [0.1, 0.15) is 0 Å². The molecule has 0 spiro atoms. The summed E-state index contributed by atoms with van der Waals surface area (Å²) < 4.78 is 18.4. The maximum atomic E-state index is 13.5.